The summed E-state index contributed by atoms with van der Waals surface area (Å²) in [6.45, 7) is 6.13. The molecule has 3 heterocycles. The van der Waals surface area contributed by atoms with Crippen molar-refractivity contribution in [2.75, 3.05) is 26.2 Å². The molecule has 1 aromatic heterocycles. The summed E-state index contributed by atoms with van der Waals surface area (Å²) >= 11 is 1.88. The number of thiophene rings is 1. The predicted octanol–water partition coefficient (Wildman–Crippen LogP) is 3.09. The lowest BCUT2D eigenvalue weighted by molar-refractivity contribution is 0.269. The number of fused-ring (bicyclic) bond motifs is 1. The fourth-order valence-electron chi connectivity index (χ4n) is 3.70. The molecule has 3 heteroatoms. The van der Waals surface area contributed by atoms with Gasteiger partial charge >= 0.3 is 0 Å². The molecule has 4 rings (SSSR count). The van der Waals surface area contributed by atoms with Crippen LogP contribution in [0, 0.1) is 5.41 Å². The Balaban J connectivity index is 1.53. The molecule has 0 aliphatic carbocycles. The minimum absolute atomic E-state index is 0.589. The van der Waals surface area contributed by atoms with E-state index < -0.39 is 0 Å². The third-order valence-electron chi connectivity index (χ3n) is 4.80. The van der Waals surface area contributed by atoms with Gasteiger partial charge in [-0.15, -0.1) is 11.3 Å². The second-order valence-electron chi connectivity index (χ2n) is 6.14. The number of likely N-dealkylation sites (tertiary alicyclic amines) is 1. The van der Waals surface area contributed by atoms with E-state index in [1.165, 1.54) is 54.7 Å². The Bertz CT molecular complexity index is 583. The standard InChI is InChI=1S/C16H20N2S/c1-2-4-15-14(3-1)13(10-19-15)9-18-8-6-16(12-18)5-7-17-11-16/h1-4,10,17H,5-9,11-12H2. The lowest BCUT2D eigenvalue weighted by atomic mass is 9.86. The Labute approximate surface area is 118 Å². The average Bonchev–Trinajstić information content (AvgIpc) is 3.14. The molecule has 2 saturated heterocycles. The second kappa shape index (κ2) is 4.58. The summed E-state index contributed by atoms with van der Waals surface area (Å²) in [5.41, 5.74) is 2.11. The number of benzene rings is 1. The molecule has 0 amide bonds. The zero-order chi connectivity index (χ0) is 12.7. The van der Waals surface area contributed by atoms with Crippen molar-refractivity contribution in [3.8, 4) is 0 Å². The van der Waals surface area contributed by atoms with Crippen LogP contribution >= 0.6 is 11.3 Å². The zero-order valence-corrected chi connectivity index (χ0v) is 12.0. The van der Waals surface area contributed by atoms with E-state index in [0.29, 0.717) is 5.41 Å². The molecule has 19 heavy (non-hydrogen) atoms. The normalized spacial score (nSPS) is 27.8. The minimum atomic E-state index is 0.589. The van der Waals surface area contributed by atoms with Gasteiger partial charge in [0.1, 0.15) is 0 Å². The third kappa shape index (κ3) is 2.10. The van der Waals surface area contributed by atoms with Crippen LogP contribution in [0.4, 0.5) is 0 Å². The monoisotopic (exact) mass is 272 g/mol. The molecule has 1 unspecified atom stereocenters. The largest absolute Gasteiger partial charge is 0.316 e. The van der Waals surface area contributed by atoms with E-state index in [2.05, 4.69) is 39.9 Å². The van der Waals surface area contributed by atoms with Crippen LogP contribution in [0.3, 0.4) is 0 Å². The molecule has 100 valence electrons. The molecular formula is C16H20N2S. The molecule has 0 radical (unpaired) electrons. The minimum Gasteiger partial charge on any atom is -0.316 e. The summed E-state index contributed by atoms with van der Waals surface area (Å²) in [5, 5.41) is 7.35. The summed E-state index contributed by atoms with van der Waals surface area (Å²) in [4.78, 5) is 2.65. The van der Waals surface area contributed by atoms with Crippen molar-refractivity contribution in [3.05, 3.63) is 35.2 Å². The van der Waals surface area contributed by atoms with Gasteiger partial charge in [0.25, 0.3) is 0 Å². The van der Waals surface area contributed by atoms with Gasteiger partial charge in [0.15, 0.2) is 0 Å². The van der Waals surface area contributed by atoms with Gasteiger partial charge in [0.2, 0.25) is 0 Å². The maximum absolute atomic E-state index is 3.54. The molecule has 1 aromatic carbocycles. The Morgan fingerprint density at radius 2 is 2.21 bits per heavy atom. The Morgan fingerprint density at radius 1 is 1.26 bits per heavy atom. The molecular weight excluding hydrogens is 252 g/mol. The number of hydrogen-bond acceptors (Lipinski definition) is 3. The molecule has 1 atom stereocenters. The van der Waals surface area contributed by atoms with Crippen molar-refractivity contribution >= 4 is 21.4 Å². The first-order valence-electron chi connectivity index (χ1n) is 7.23. The van der Waals surface area contributed by atoms with E-state index >= 15 is 0 Å². The molecule has 1 N–H and O–H groups in total. The topological polar surface area (TPSA) is 15.3 Å². The van der Waals surface area contributed by atoms with Crippen LogP contribution < -0.4 is 5.32 Å². The van der Waals surface area contributed by atoms with Gasteiger partial charge < -0.3 is 5.32 Å². The first-order chi connectivity index (χ1) is 9.35. The molecule has 1 spiro atoms. The second-order valence-corrected chi connectivity index (χ2v) is 7.06. The van der Waals surface area contributed by atoms with Crippen LogP contribution in [0.1, 0.15) is 18.4 Å². The summed E-state index contributed by atoms with van der Waals surface area (Å²) in [6.07, 6.45) is 2.75. The van der Waals surface area contributed by atoms with E-state index in [-0.39, 0.29) is 0 Å². The highest BCUT2D eigenvalue weighted by atomic mass is 32.1. The van der Waals surface area contributed by atoms with Crippen molar-refractivity contribution in [1.29, 1.82) is 0 Å². The van der Waals surface area contributed by atoms with Crippen LogP contribution in [-0.2, 0) is 6.54 Å². The van der Waals surface area contributed by atoms with Gasteiger partial charge in [-0.25, -0.2) is 0 Å². The van der Waals surface area contributed by atoms with Crippen molar-refractivity contribution in [3.63, 3.8) is 0 Å². The highest BCUT2D eigenvalue weighted by Crippen LogP contribution is 2.37. The molecule has 0 saturated carbocycles. The number of hydrogen-bond donors (Lipinski definition) is 1. The van der Waals surface area contributed by atoms with E-state index in [1.807, 2.05) is 11.3 Å². The molecule has 2 aliphatic heterocycles. The maximum Gasteiger partial charge on any atom is 0.0346 e. The lowest BCUT2D eigenvalue weighted by Gasteiger charge is -2.22. The fourth-order valence-corrected chi connectivity index (χ4v) is 4.66. The van der Waals surface area contributed by atoms with E-state index in [0.717, 1.165) is 6.54 Å². The van der Waals surface area contributed by atoms with Crippen molar-refractivity contribution < 1.29 is 0 Å². The van der Waals surface area contributed by atoms with Crippen molar-refractivity contribution in [1.82, 2.24) is 10.2 Å². The van der Waals surface area contributed by atoms with Crippen molar-refractivity contribution in [2.45, 2.75) is 19.4 Å². The number of nitrogens with one attached hydrogen (secondary N) is 1. The molecule has 2 fully saturated rings. The average molecular weight is 272 g/mol. The summed E-state index contributed by atoms with van der Waals surface area (Å²) in [7, 11) is 0. The first kappa shape index (κ1) is 11.9. The Kier molecular flexibility index (Phi) is 2.87. The van der Waals surface area contributed by atoms with E-state index in [1.54, 1.807) is 0 Å². The van der Waals surface area contributed by atoms with Crippen LogP contribution in [0.25, 0.3) is 10.1 Å². The summed E-state index contributed by atoms with van der Waals surface area (Å²) in [5.74, 6) is 0. The number of nitrogens with zero attached hydrogens (tertiary/aromatic N) is 1. The van der Waals surface area contributed by atoms with Crippen LogP contribution in [0.2, 0.25) is 0 Å². The van der Waals surface area contributed by atoms with Gasteiger partial charge in [-0.1, -0.05) is 18.2 Å². The predicted molar refractivity (Wildman–Crippen MR) is 81.6 cm³/mol. The van der Waals surface area contributed by atoms with Crippen molar-refractivity contribution in [2.24, 2.45) is 5.41 Å². The van der Waals surface area contributed by atoms with Gasteiger partial charge in [0.05, 0.1) is 0 Å². The lowest BCUT2D eigenvalue weighted by Crippen LogP contribution is -2.28. The van der Waals surface area contributed by atoms with Crippen LogP contribution in [0.5, 0.6) is 0 Å². The SMILES string of the molecule is c1ccc2c(CN3CCC4(CCNC4)C3)csc2c1. The van der Waals surface area contributed by atoms with Gasteiger partial charge in [-0.05, 0) is 53.7 Å². The maximum atomic E-state index is 3.54. The van der Waals surface area contributed by atoms with Gasteiger partial charge in [0, 0.05) is 24.3 Å². The highest BCUT2D eigenvalue weighted by molar-refractivity contribution is 7.17. The summed E-state index contributed by atoms with van der Waals surface area (Å²) < 4.78 is 1.42. The van der Waals surface area contributed by atoms with Crippen LogP contribution in [-0.4, -0.2) is 31.1 Å². The van der Waals surface area contributed by atoms with Gasteiger partial charge in [-0.3, -0.25) is 4.90 Å². The number of rotatable bonds is 2. The zero-order valence-electron chi connectivity index (χ0n) is 11.2. The van der Waals surface area contributed by atoms with Gasteiger partial charge in [-0.2, -0.15) is 0 Å². The highest BCUT2D eigenvalue weighted by Gasteiger charge is 2.40. The Hall–Kier alpha value is -0.900. The molecule has 2 aliphatic rings. The van der Waals surface area contributed by atoms with Crippen LogP contribution in [0.15, 0.2) is 29.6 Å². The molecule has 2 nitrogen and oxygen atoms in total. The molecule has 0 bridgehead atoms. The fraction of sp³-hybridized carbons (Fsp3) is 0.500. The quantitative estimate of drug-likeness (QED) is 0.904. The van der Waals surface area contributed by atoms with E-state index in [9.17, 15) is 0 Å². The first-order valence-corrected chi connectivity index (χ1v) is 8.11. The van der Waals surface area contributed by atoms with E-state index in [4.69, 9.17) is 0 Å². The summed E-state index contributed by atoms with van der Waals surface area (Å²) in [6, 6.07) is 8.79. The smallest absolute Gasteiger partial charge is 0.0346 e. The Morgan fingerprint density at radius 3 is 3.11 bits per heavy atom. The third-order valence-corrected chi connectivity index (χ3v) is 5.82. The molecule has 2 aromatic rings.